The summed E-state index contributed by atoms with van der Waals surface area (Å²) in [6, 6.07) is 7.70. The first-order valence-corrected chi connectivity index (χ1v) is 9.09. The minimum atomic E-state index is 0.0733. The summed E-state index contributed by atoms with van der Waals surface area (Å²) in [6.07, 6.45) is 5.61. The molecule has 1 aromatic heterocycles. The summed E-state index contributed by atoms with van der Waals surface area (Å²) in [6.45, 7) is 1.76. The average Bonchev–Trinajstić information content (AvgIpc) is 3.22. The molecule has 6 heteroatoms. The van der Waals surface area contributed by atoms with Gasteiger partial charge in [-0.3, -0.25) is 4.79 Å². The van der Waals surface area contributed by atoms with Crippen LogP contribution in [0.3, 0.4) is 0 Å². The Labute approximate surface area is 140 Å². The third kappa shape index (κ3) is 3.27. The highest BCUT2D eigenvalue weighted by Gasteiger charge is 2.32. The summed E-state index contributed by atoms with van der Waals surface area (Å²) in [5.41, 5.74) is 1.52. The third-order valence-corrected chi connectivity index (χ3v) is 5.60. The number of aryl methyl sites for hydroxylation is 1. The first kappa shape index (κ1) is 16.1. The second kappa shape index (κ2) is 6.74. The van der Waals surface area contributed by atoms with Crippen LogP contribution in [0.2, 0.25) is 0 Å². The molecule has 5 nitrogen and oxygen atoms in total. The van der Waals surface area contributed by atoms with Crippen LogP contribution in [0.15, 0.2) is 28.7 Å². The molecule has 1 aromatic carbocycles. The number of carbonyl (C=O) groups excluding carboxylic acids is 1. The van der Waals surface area contributed by atoms with Gasteiger partial charge in [-0.15, -0.1) is 10.2 Å². The lowest BCUT2D eigenvalue weighted by atomic mass is 10.1. The Morgan fingerprint density at radius 3 is 2.61 bits per heavy atom. The molecule has 2 atom stereocenters. The third-order valence-electron chi connectivity index (χ3n) is 4.44. The Bertz CT molecular complexity index is 683. The van der Waals surface area contributed by atoms with Crippen LogP contribution in [-0.4, -0.2) is 45.6 Å². The van der Waals surface area contributed by atoms with Crippen molar-refractivity contribution in [3.05, 3.63) is 35.7 Å². The van der Waals surface area contributed by atoms with Crippen molar-refractivity contribution in [2.24, 2.45) is 0 Å². The fourth-order valence-corrected chi connectivity index (χ4v) is 4.18. The van der Waals surface area contributed by atoms with Crippen LogP contribution in [-0.2, 0) is 0 Å². The minimum Gasteiger partial charge on any atom is -0.421 e. The van der Waals surface area contributed by atoms with Gasteiger partial charge in [-0.05, 0) is 43.4 Å². The number of thioether (sulfide) groups is 1. The molecule has 1 aliphatic rings. The first-order valence-electron chi connectivity index (χ1n) is 7.80. The van der Waals surface area contributed by atoms with Gasteiger partial charge >= 0.3 is 0 Å². The van der Waals surface area contributed by atoms with Crippen molar-refractivity contribution >= 4 is 17.7 Å². The maximum atomic E-state index is 12.7. The quantitative estimate of drug-likeness (QED) is 0.859. The van der Waals surface area contributed by atoms with Crippen molar-refractivity contribution in [2.75, 3.05) is 13.3 Å². The van der Waals surface area contributed by atoms with Gasteiger partial charge in [-0.1, -0.05) is 6.42 Å². The molecule has 0 N–H and O–H groups in total. The lowest BCUT2D eigenvalue weighted by Gasteiger charge is -2.29. The number of benzene rings is 1. The fraction of sp³-hybridized carbons (Fsp3) is 0.471. The van der Waals surface area contributed by atoms with Gasteiger partial charge in [-0.2, -0.15) is 11.8 Å². The van der Waals surface area contributed by atoms with E-state index in [1.807, 2.05) is 48.0 Å². The number of carbonyl (C=O) groups is 1. The van der Waals surface area contributed by atoms with Crippen LogP contribution < -0.4 is 0 Å². The second-order valence-electron chi connectivity index (χ2n) is 5.89. The van der Waals surface area contributed by atoms with Crippen molar-refractivity contribution in [3.63, 3.8) is 0 Å². The predicted octanol–water partition coefficient (Wildman–Crippen LogP) is 3.40. The van der Waals surface area contributed by atoms with Crippen LogP contribution in [0.1, 0.15) is 35.5 Å². The van der Waals surface area contributed by atoms with E-state index in [0.29, 0.717) is 28.6 Å². The zero-order valence-corrected chi connectivity index (χ0v) is 14.5. The largest absolute Gasteiger partial charge is 0.421 e. The number of hydrogen-bond acceptors (Lipinski definition) is 5. The molecule has 0 aliphatic heterocycles. The topological polar surface area (TPSA) is 59.2 Å². The summed E-state index contributed by atoms with van der Waals surface area (Å²) in [7, 11) is 1.91. The smallest absolute Gasteiger partial charge is 0.253 e. The van der Waals surface area contributed by atoms with Gasteiger partial charge in [0.05, 0.1) is 0 Å². The first-order chi connectivity index (χ1) is 11.1. The molecular formula is C17H21N3O2S. The molecular weight excluding hydrogens is 310 g/mol. The van der Waals surface area contributed by atoms with Gasteiger partial charge in [0.2, 0.25) is 11.8 Å². The maximum absolute atomic E-state index is 12.7. The highest BCUT2D eigenvalue weighted by Crippen LogP contribution is 2.32. The van der Waals surface area contributed by atoms with Gasteiger partial charge in [0.25, 0.3) is 5.91 Å². The Morgan fingerprint density at radius 2 is 2.00 bits per heavy atom. The molecule has 0 unspecified atom stereocenters. The van der Waals surface area contributed by atoms with E-state index in [4.69, 9.17) is 4.42 Å². The van der Waals surface area contributed by atoms with Gasteiger partial charge < -0.3 is 9.32 Å². The van der Waals surface area contributed by atoms with E-state index in [1.54, 1.807) is 6.92 Å². The summed E-state index contributed by atoms with van der Waals surface area (Å²) >= 11 is 1.86. The number of amides is 1. The normalized spacial score (nSPS) is 20.7. The Balaban J connectivity index is 1.75. The molecule has 23 heavy (non-hydrogen) atoms. The van der Waals surface area contributed by atoms with E-state index >= 15 is 0 Å². The van der Waals surface area contributed by atoms with E-state index in [2.05, 4.69) is 16.5 Å². The van der Waals surface area contributed by atoms with Crippen LogP contribution in [0.25, 0.3) is 11.5 Å². The van der Waals surface area contributed by atoms with Crippen molar-refractivity contribution in [3.8, 4) is 11.5 Å². The van der Waals surface area contributed by atoms with Gasteiger partial charge in [0.1, 0.15) is 0 Å². The van der Waals surface area contributed by atoms with E-state index in [1.165, 1.54) is 12.8 Å². The van der Waals surface area contributed by atoms with Crippen LogP contribution in [0, 0.1) is 6.92 Å². The molecule has 1 fully saturated rings. The summed E-state index contributed by atoms with van der Waals surface area (Å²) < 4.78 is 5.41. The molecule has 0 spiro atoms. The lowest BCUT2D eigenvalue weighted by Crippen LogP contribution is -2.40. The summed E-state index contributed by atoms with van der Waals surface area (Å²) in [4.78, 5) is 14.6. The van der Waals surface area contributed by atoms with E-state index in [-0.39, 0.29) is 5.91 Å². The van der Waals surface area contributed by atoms with Crippen LogP contribution in [0.5, 0.6) is 0 Å². The monoisotopic (exact) mass is 331 g/mol. The molecule has 1 saturated carbocycles. The number of aromatic nitrogens is 2. The fourth-order valence-electron chi connectivity index (χ4n) is 3.15. The van der Waals surface area contributed by atoms with Crippen molar-refractivity contribution in [2.45, 2.75) is 37.5 Å². The van der Waals surface area contributed by atoms with E-state index in [0.717, 1.165) is 12.0 Å². The van der Waals surface area contributed by atoms with Crippen LogP contribution >= 0.6 is 11.8 Å². The lowest BCUT2D eigenvalue weighted by molar-refractivity contribution is 0.0738. The zero-order valence-electron chi connectivity index (χ0n) is 13.7. The average molecular weight is 331 g/mol. The zero-order chi connectivity index (χ0) is 16.4. The van der Waals surface area contributed by atoms with Crippen molar-refractivity contribution < 1.29 is 9.21 Å². The van der Waals surface area contributed by atoms with Gasteiger partial charge in [-0.25, -0.2) is 0 Å². The Hall–Kier alpha value is -1.82. The molecule has 122 valence electrons. The summed E-state index contributed by atoms with van der Waals surface area (Å²) in [5.74, 6) is 1.08. The Kier molecular flexibility index (Phi) is 4.71. The standard InChI is InChI=1S/C17H21N3O2S/c1-11-18-19-16(22-11)12-7-9-13(10-8-12)17(21)20(2)14-5-4-6-15(14)23-3/h7-10,14-15H,4-6H2,1-3H3/t14-,15+/m0/s1. The van der Waals surface area contributed by atoms with Crippen LogP contribution in [0.4, 0.5) is 0 Å². The van der Waals surface area contributed by atoms with E-state index in [9.17, 15) is 4.79 Å². The molecule has 1 aliphatic carbocycles. The Morgan fingerprint density at radius 1 is 1.26 bits per heavy atom. The van der Waals surface area contributed by atoms with E-state index < -0.39 is 0 Å². The highest BCUT2D eigenvalue weighted by molar-refractivity contribution is 7.99. The molecule has 0 bridgehead atoms. The predicted molar refractivity (Wildman–Crippen MR) is 91.5 cm³/mol. The number of rotatable bonds is 4. The summed E-state index contributed by atoms with van der Waals surface area (Å²) in [5, 5.41) is 8.37. The molecule has 0 saturated heterocycles. The SMILES string of the molecule is CS[C@@H]1CCC[C@@H]1N(C)C(=O)c1ccc(-c2nnc(C)o2)cc1. The second-order valence-corrected chi connectivity index (χ2v) is 6.97. The van der Waals surface area contributed by atoms with Gasteiger partial charge in [0.15, 0.2) is 0 Å². The van der Waals surface area contributed by atoms with Gasteiger partial charge in [0, 0.05) is 36.4 Å². The molecule has 3 rings (SSSR count). The molecule has 1 amide bonds. The maximum Gasteiger partial charge on any atom is 0.253 e. The number of nitrogens with zero attached hydrogens (tertiary/aromatic N) is 3. The molecule has 2 aromatic rings. The minimum absolute atomic E-state index is 0.0733. The highest BCUT2D eigenvalue weighted by atomic mass is 32.2. The molecule has 0 radical (unpaired) electrons. The molecule has 1 heterocycles. The van der Waals surface area contributed by atoms with Crippen molar-refractivity contribution in [1.82, 2.24) is 15.1 Å². The number of hydrogen-bond donors (Lipinski definition) is 0. The van der Waals surface area contributed by atoms with Crippen molar-refractivity contribution in [1.29, 1.82) is 0 Å².